The predicted molar refractivity (Wildman–Crippen MR) is 58.1 cm³/mol. The third-order valence-electron chi connectivity index (χ3n) is 3.08. The molecule has 0 aromatic carbocycles. The van der Waals surface area contributed by atoms with E-state index in [4.69, 9.17) is 4.74 Å². The molecule has 1 aliphatic rings. The lowest BCUT2D eigenvalue weighted by Crippen LogP contribution is -2.54. The van der Waals surface area contributed by atoms with Crippen molar-refractivity contribution in [3.63, 3.8) is 0 Å². The lowest BCUT2D eigenvalue weighted by molar-refractivity contribution is -0.156. The average molecular weight is 229 g/mol. The third kappa shape index (κ3) is 2.52. The van der Waals surface area contributed by atoms with Gasteiger partial charge in [0.2, 0.25) is 6.41 Å². The Morgan fingerprint density at radius 2 is 2.25 bits per heavy atom. The van der Waals surface area contributed by atoms with Gasteiger partial charge in [-0.15, -0.1) is 0 Å². The number of ether oxygens (including phenoxy) is 1. The zero-order valence-corrected chi connectivity index (χ0v) is 9.65. The number of amides is 1. The van der Waals surface area contributed by atoms with Crippen molar-refractivity contribution in [2.45, 2.75) is 38.1 Å². The molecule has 0 saturated carbocycles. The smallest absolute Gasteiger partial charge is 0.329 e. The Bertz CT molecular complexity index is 246. The van der Waals surface area contributed by atoms with Gasteiger partial charge in [-0.2, -0.15) is 0 Å². The Kier molecular flexibility index (Phi) is 4.73. The van der Waals surface area contributed by atoms with Crippen LogP contribution in [0, 0.1) is 0 Å². The zero-order valence-electron chi connectivity index (χ0n) is 9.65. The highest BCUT2D eigenvalue weighted by Gasteiger charge is 2.43. The first-order valence-corrected chi connectivity index (χ1v) is 5.70. The molecule has 5 nitrogen and oxygen atoms in total. The van der Waals surface area contributed by atoms with Gasteiger partial charge < -0.3 is 14.7 Å². The number of carboxylic acids is 1. The Labute approximate surface area is 95.4 Å². The van der Waals surface area contributed by atoms with E-state index >= 15 is 0 Å². The van der Waals surface area contributed by atoms with Gasteiger partial charge in [0.05, 0.1) is 0 Å². The summed E-state index contributed by atoms with van der Waals surface area (Å²) >= 11 is 0. The van der Waals surface area contributed by atoms with Crippen LogP contribution in [-0.2, 0) is 14.3 Å². The molecule has 0 bridgehead atoms. The van der Waals surface area contributed by atoms with Gasteiger partial charge in [-0.25, -0.2) is 4.79 Å². The summed E-state index contributed by atoms with van der Waals surface area (Å²) in [5.74, 6) is -0.918. The quantitative estimate of drug-likeness (QED) is 0.711. The molecular formula is C11H19NO4. The van der Waals surface area contributed by atoms with Crippen molar-refractivity contribution in [3.8, 4) is 0 Å². The van der Waals surface area contributed by atoms with Crippen LogP contribution < -0.4 is 0 Å². The number of hydrogen-bond acceptors (Lipinski definition) is 3. The Morgan fingerprint density at radius 1 is 1.50 bits per heavy atom. The van der Waals surface area contributed by atoms with Gasteiger partial charge in [0.1, 0.15) is 5.54 Å². The van der Waals surface area contributed by atoms with E-state index in [-0.39, 0.29) is 0 Å². The summed E-state index contributed by atoms with van der Waals surface area (Å²) in [5.41, 5.74) is -1.06. The van der Waals surface area contributed by atoms with Crippen LogP contribution in [0.4, 0.5) is 0 Å². The molecule has 1 heterocycles. The van der Waals surface area contributed by atoms with Gasteiger partial charge >= 0.3 is 5.97 Å². The molecule has 1 unspecified atom stereocenters. The number of carboxylic acid groups (broad SMARTS) is 1. The number of carbonyl (C=O) groups is 2. The van der Waals surface area contributed by atoms with Gasteiger partial charge in [-0.3, -0.25) is 4.79 Å². The minimum Gasteiger partial charge on any atom is -0.479 e. The van der Waals surface area contributed by atoms with Crippen molar-refractivity contribution >= 4 is 12.4 Å². The largest absolute Gasteiger partial charge is 0.479 e. The standard InChI is InChI=1S/C11H19NO4/c1-2-6-12(9-13)11(10(14)15)4-3-7-16-8-5-11/h9H,2-8H2,1H3,(H,14,15). The predicted octanol–water partition coefficient (Wildman–Crippen LogP) is 0.879. The average Bonchev–Trinajstić information content (AvgIpc) is 2.52. The number of nitrogens with zero attached hydrogens (tertiary/aromatic N) is 1. The molecule has 1 atom stereocenters. The van der Waals surface area contributed by atoms with E-state index in [0.29, 0.717) is 45.4 Å². The third-order valence-corrected chi connectivity index (χ3v) is 3.08. The summed E-state index contributed by atoms with van der Waals surface area (Å²) in [6.07, 6.45) is 2.94. The second-order valence-corrected chi connectivity index (χ2v) is 4.10. The highest BCUT2D eigenvalue weighted by atomic mass is 16.5. The molecule has 0 radical (unpaired) electrons. The van der Waals surface area contributed by atoms with Crippen LogP contribution in [0.2, 0.25) is 0 Å². The van der Waals surface area contributed by atoms with E-state index in [1.54, 1.807) is 0 Å². The molecule has 5 heteroatoms. The minimum absolute atomic E-state index is 0.376. The van der Waals surface area contributed by atoms with E-state index in [1.807, 2.05) is 6.92 Å². The summed E-state index contributed by atoms with van der Waals surface area (Å²) in [5, 5.41) is 9.39. The molecule has 1 N–H and O–H groups in total. The van der Waals surface area contributed by atoms with Crippen LogP contribution in [0.1, 0.15) is 32.6 Å². The monoisotopic (exact) mass is 229 g/mol. The SMILES string of the molecule is CCCN(C=O)C1(C(=O)O)CCCOCC1. The molecule has 0 aliphatic carbocycles. The Morgan fingerprint density at radius 3 is 2.81 bits per heavy atom. The molecule has 1 aliphatic heterocycles. The van der Waals surface area contributed by atoms with Crippen LogP contribution in [0.5, 0.6) is 0 Å². The number of rotatable bonds is 5. The maximum atomic E-state index is 11.4. The lowest BCUT2D eigenvalue weighted by Gasteiger charge is -2.37. The van der Waals surface area contributed by atoms with Gasteiger partial charge in [0, 0.05) is 26.2 Å². The van der Waals surface area contributed by atoms with Crippen LogP contribution >= 0.6 is 0 Å². The highest BCUT2D eigenvalue weighted by Crippen LogP contribution is 2.28. The van der Waals surface area contributed by atoms with Gasteiger partial charge in [0.25, 0.3) is 0 Å². The normalized spacial score (nSPS) is 25.8. The molecule has 1 saturated heterocycles. The van der Waals surface area contributed by atoms with Crippen molar-refractivity contribution in [2.24, 2.45) is 0 Å². The molecule has 0 spiro atoms. The summed E-state index contributed by atoms with van der Waals surface area (Å²) in [6.45, 7) is 3.39. The van der Waals surface area contributed by atoms with Crippen LogP contribution in [0.25, 0.3) is 0 Å². The van der Waals surface area contributed by atoms with E-state index in [2.05, 4.69) is 0 Å². The van der Waals surface area contributed by atoms with Crippen molar-refractivity contribution in [2.75, 3.05) is 19.8 Å². The fraction of sp³-hybridized carbons (Fsp3) is 0.818. The van der Waals surface area contributed by atoms with Crippen LogP contribution in [-0.4, -0.2) is 47.7 Å². The van der Waals surface area contributed by atoms with Crippen molar-refractivity contribution in [1.29, 1.82) is 0 Å². The minimum atomic E-state index is -1.06. The summed E-state index contributed by atoms with van der Waals surface area (Å²) in [7, 11) is 0. The topological polar surface area (TPSA) is 66.8 Å². The molecule has 1 rings (SSSR count). The van der Waals surface area contributed by atoms with Gasteiger partial charge in [0.15, 0.2) is 0 Å². The molecular weight excluding hydrogens is 210 g/mol. The molecule has 1 fully saturated rings. The second kappa shape index (κ2) is 5.84. The van der Waals surface area contributed by atoms with E-state index < -0.39 is 11.5 Å². The molecule has 16 heavy (non-hydrogen) atoms. The fourth-order valence-corrected chi connectivity index (χ4v) is 2.17. The van der Waals surface area contributed by atoms with Crippen molar-refractivity contribution in [1.82, 2.24) is 4.90 Å². The molecule has 0 aromatic rings. The first kappa shape index (κ1) is 13.0. The van der Waals surface area contributed by atoms with Crippen LogP contribution in [0.15, 0.2) is 0 Å². The van der Waals surface area contributed by atoms with Gasteiger partial charge in [-0.05, 0) is 19.3 Å². The van der Waals surface area contributed by atoms with Crippen LogP contribution in [0.3, 0.4) is 0 Å². The van der Waals surface area contributed by atoms with E-state index in [9.17, 15) is 14.7 Å². The van der Waals surface area contributed by atoms with Crippen molar-refractivity contribution < 1.29 is 19.4 Å². The Hall–Kier alpha value is -1.10. The Balaban J connectivity index is 2.91. The number of aliphatic carboxylic acids is 1. The summed E-state index contributed by atoms with van der Waals surface area (Å²) < 4.78 is 5.27. The molecule has 0 aromatic heterocycles. The maximum absolute atomic E-state index is 11.4. The second-order valence-electron chi connectivity index (χ2n) is 4.10. The molecule has 1 amide bonds. The number of carbonyl (C=O) groups excluding carboxylic acids is 1. The maximum Gasteiger partial charge on any atom is 0.329 e. The fourth-order valence-electron chi connectivity index (χ4n) is 2.17. The number of hydrogen-bond donors (Lipinski definition) is 1. The van der Waals surface area contributed by atoms with Gasteiger partial charge in [-0.1, -0.05) is 6.92 Å². The van der Waals surface area contributed by atoms with Crippen molar-refractivity contribution in [3.05, 3.63) is 0 Å². The first-order valence-electron chi connectivity index (χ1n) is 5.70. The summed E-state index contributed by atoms with van der Waals surface area (Å²) in [6, 6.07) is 0. The highest BCUT2D eigenvalue weighted by molar-refractivity contribution is 5.81. The first-order chi connectivity index (χ1) is 7.67. The van der Waals surface area contributed by atoms with E-state index in [0.717, 1.165) is 6.42 Å². The summed E-state index contributed by atoms with van der Waals surface area (Å²) in [4.78, 5) is 23.9. The van der Waals surface area contributed by atoms with E-state index in [1.165, 1.54) is 4.90 Å². The lowest BCUT2D eigenvalue weighted by atomic mass is 9.88. The molecule has 92 valence electrons. The zero-order chi connectivity index (χ0) is 12.0.